The summed E-state index contributed by atoms with van der Waals surface area (Å²) in [5.41, 5.74) is 0. The first-order valence-electron chi connectivity index (χ1n) is 4.78. The number of carbonyl (C=O) groups excluding carboxylic acids is 1. The maximum Gasteiger partial charge on any atom is 0.317 e. The topological polar surface area (TPSA) is 35.6 Å². The summed E-state index contributed by atoms with van der Waals surface area (Å²) in [5.74, 6) is 0. The van der Waals surface area contributed by atoms with Crippen molar-refractivity contribution in [3.05, 3.63) is 0 Å². The van der Waals surface area contributed by atoms with Crippen molar-refractivity contribution >= 4 is 6.03 Å². The number of nitrogens with zero attached hydrogens (tertiary/aromatic N) is 2. The van der Waals surface area contributed by atoms with Crippen molar-refractivity contribution in [1.29, 1.82) is 0 Å². The number of likely N-dealkylation sites (tertiary alicyclic amines) is 1. The Balaban J connectivity index is 2.48. The Morgan fingerprint density at radius 2 is 2.31 bits per heavy atom. The molecule has 0 aromatic heterocycles. The molecule has 13 heavy (non-hydrogen) atoms. The first-order chi connectivity index (χ1) is 6.15. The van der Waals surface area contributed by atoms with E-state index in [2.05, 4.69) is 10.2 Å². The zero-order valence-corrected chi connectivity index (χ0v) is 8.71. The predicted molar refractivity (Wildman–Crippen MR) is 52.7 cm³/mol. The van der Waals surface area contributed by atoms with Crippen molar-refractivity contribution in [2.75, 3.05) is 34.2 Å². The highest BCUT2D eigenvalue weighted by molar-refractivity contribution is 5.74. The molecule has 0 spiro atoms. The van der Waals surface area contributed by atoms with Crippen LogP contribution in [0.25, 0.3) is 0 Å². The number of hydrogen-bond acceptors (Lipinski definition) is 2. The average molecular weight is 185 g/mol. The lowest BCUT2D eigenvalue weighted by molar-refractivity contribution is 0.183. The summed E-state index contributed by atoms with van der Waals surface area (Å²) in [4.78, 5) is 15.5. The standard InChI is InChI=1S/C9H19N3O/c1-10-9(13)12-6-4-5-8(12)7-11(2)3/h8H,4-7H2,1-3H3,(H,10,13). The molecule has 0 radical (unpaired) electrons. The minimum Gasteiger partial charge on any atom is -0.341 e. The molecule has 0 saturated carbocycles. The lowest BCUT2D eigenvalue weighted by atomic mass is 10.2. The highest BCUT2D eigenvalue weighted by Gasteiger charge is 2.27. The molecule has 1 aliphatic heterocycles. The number of amides is 2. The van der Waals surface area contributed by atoms with Crippen molar-refractivity contribution < 1.29 is 4.79 Å². The molecule has 2 amide bonds. The molecular formula is C9H19N3O. The lowest BCUT2D eigenvalue weighted by Gasteiger charge is -2.26. The van der Waals surface area contributed by atoms with Gasteiger partial charge in [-0.15, -0.1) is 0 Å². The second-order valence-electron chi connectivity index (χ2n) is 3.81. The van der Waals surface area contributed by atoms with Gasteiger partial charge in [0, 0.05) is 26.2 Å². The Labute approximate surface area is 79.9 Å². The van der Waals surface area contributed by atoms with E-state index in [9.17, 15) is 4.79 Å². The molecule has 0 aromatic rings. The number of hydrogen-bond donors (Lipinski definition) is 1. The highest BCUT2D eigenvalue weighted by Crippen LogP contribution is 2.17. The van der Waals surface area contributed by atoms with Crippen molar-refractivity contribution in [3.63, 3.8) is 0 Å². The van der Waals surface area contributed by atoms with Crippen molar-refractivity contribution in [3.8, 4) is 0 Å². The number of nitrogens with one attached hydrogen (secondary N) is 1. The summed E-state index contributed by atoms with van der Waals surface area (Å²) in [6, 6.07) is 0.458. The fraction of sp³-hybridized carbons (Fsp3) is 0.889. The summed E-state index contributed by atoms with van der Waals surface area (Å²) < 4.78 is 0. The molecule has 4 heteroatoms. The van der Waals surface area contributed by atoms with E-state index in [4.69, 9.17) is 0 Å². The van der Waals surface area contributed by atoms with Crippen molar-refractivity contribution in [2.24, 2.45) is 0 Å². The predicted octanol–water partition coefficient (Wildman–Crippen LogP) is 0.352. The van der Waals surface area contributed by atoms with Gasteiger partial charge in [0.05, 0.1) is 0 Å². The summed E-state index contributed by atoms with van der Waals surface area (Å²) in [5, 5.41) is 2.68. The monoisotopic (exact) mass is 185 g/mol. The molecule has 1 atom stereocenters. The zero-order chi connectivity index (χ0) is 9.84. The van der Waals surface area contributed by atoms with Gasteiger partial charge in [-0.1, -0.05) is 0 Å². The van der Waals surface area contributed by atoms with Crippen LogP contribution in [-0.2, 0) is 0 Å². The Morgan fingerprint density at radius 1 is 1.62 bits per heavy atom. The van der Waals surface area contributed by atoms with Gasteiger partial charge in [-0.3, -0.25) is 0 Å². The molecule has 1 unspecified atom stereocenters. The molecule has 1 aliphatic rings. The van der Waals surface area contributed by atoms with E-state index < -0.39 is 0 Å². The third-order valence-corrected chi connectivity index (χ3v) is 2.43. The lowest BCUT2D eigenvalue weighted by Crippen LogP contribution is -2.45. The van der Waals surface area contributed by atoms with Gasteiger partial charge in [-0.05, 0) is 26.9 Å². The molecule has 0 bridgehead atoms. The van der Waals surface area contributed by atoms with E-state index in [1.54, 1.807) is 7.05 Å². The van der Waals surface area contributed by atoms with E-state index >= 15 is 0 Å². The van der Waals surface area contributed by atoms with E-state index in [1.807, 2.05) is 19.0 Å². The number of likely N-dealkylation sites (N-methyl/N-ethyl adjacent to an activating group) is 1. The fourth-order valence-electron chi connectivity index (χ4n) is 1.86. The molecule has 76 valence electrons. The van der Waals surface area contributed by atoms with Gasteiger partial charge < -0.3 is 15.1 Å². The van der Waals surface area contributed by atoms with E-state index in [0.717, 1.165) is 25.9 Å². The maximum absolute atomic E-state index is 11.4. The summed E-state index contributed by atoms with van der Waals surface area (Å²) in [6.07, 6.45) is 2.26. The molecule has 1 rings (SSSR count). The summed E-state index contributed by atoms with van der Waals surface area (Å²) in [7, 11) is 5.77. The molecule has 0 aromatic carbocycles. The van der Waals surface area contributed by atoms with Crippen molar-refractivity contribution in [2.45, 2.75) is 18.9 Å². The van der Waals surface area contributed by atoms with E-state index in [1.165, 1.54) is 0 Å². The van der Waals surface area contributed by atoms with Gasteiger partial charge >= 0.3 is 6.03 Å². The van der Waals surface area contributed by atoms with Crippen LogP contribution in [0.5, 0.6) is 0 Å². The van der Waals surface area contributed by atoms with Crippen molar-refractivity contribution in [1.82, 2.24) is 15.1 Å². The van der Waals surface area contributed by atoms with Crippen LogP contribution < -0.4 is 5.32 Å². The maximum atomic E-state index is 11.4. The van der Waals surface area contributed by atoms with Gasteiger partial charge in [-0.2, -0.15) is 0 Å². The minimum atomic E-state index is 0.0596. The van der Waals surface area contributed by atoms with Gasteiger partial charge in [0.2, 0.25) is 0 Å². The second kappa shape index (κ2) is 4.46. The van der Waals surface area contributed by atoms with Crippen LogP contribution in [0.2, 0.25) is 0 Å². The van der Waals surface area contributed by atoms with Gasteiger partial charge in [0.15, 0.2) is 0 Å². The van der Waals surface area contributed by atoms with Crippen LogP contribution in [0, 0.1) is 0 Å². The van der Waals surface area contributed by atoms with Crippen LogP contribution in [0.15, 0.2) is 0 Å². The SMILES string of the molecule is CNC(=O)N1CCCC1CN(C)C. The third kappa shape index (κ3) is 2.59. The van der Waals surface area contributed by atoms with Crippen LogP contribution >= 0.6 is 0 Å². The molecule has 1 heterocycles. The Kier molecular flexibility index (Phi) is 3.54. The largest absolute Gasteiger partial charge is 0.341 e. The third-order valence-electron chi connectivity index (χ3n) is 2.43. The first-order valence-corrected chi connectivity index (χ1v) is 4.78. The fourth-order valence-corrected chi connectivity index (χ4v) is 1.86. The van der Waals surface area contributed by atoms with Crippen LogP contribution in [-0.4, -0.2) is 56.1 Å². The number of urea groups is 1. The van der Waals surface area contributed by atoms with Crippen LogP contribution in [0.3, 0.4) is 0 Å². The Bertz CT molecular complexity index is 182. The highest BCUT2D eigenvalue weighted by atomic mass is 16.2. The normalized spacial score (nSPS) is 22.5. The molecule has 1 fully saturated rings. The average Bonchev–Trinajstić information content (AvgIpc) is 2.50. The van der Waals surface area contributed by atoms with Crippen LogP contribution in [0.1, 0.15) is 12.8 Å². The minimum absolute atomic E-state index is 0.0596. The summed E-state index contributed by atoms with van der Waals surface area (Å²) in [6.45, 7) is 1.87. The van der Waals surface area contributed by atoms with Gasteiger partial charge in [0.1, 0.15) is 0 Å². The Morgan fingerprint density at radius 3 is 2.85 bits per heavy atom. The van der Waals surface area contributed by atoms with Gasteiger partial charge in [0.25, 0.3) is 0 Å². The smallest absolute Gasteiger partial charge is 0.317 e. The summed E-state index contributed by atoms with van der Waals surface area (Å²) >= 11 is 0. The molecule has 4 nitrogen and oxygen atoms in total. The number of carbonyl (C=O) groups is 1. The zero-order valence-electron chi connectivity index (χ0n) is 8.71. The molecular weight excluding hydrogens is 166 g/mol. The van der Waals surface area contributed by atoms with Crippen LogP contribution in [0.4, 0.5) is 4.79 Å². The number of rotatable bonds is 2. The quantitative estimate of drug-likeness (QED) is 0.674. The van der Waals surface area contributed by atoms with E-state index in [-0.39, 0.29) is 6.03 Å². The molecule has 1 N–H and O–H groups in total. The first kappa shape index (κ1) is 10.3. The Hall–Kier alpha value is -0.770. The molecule has 0 aliphatic carbocycles. The second-order valence-corrected chi connectivity index (χ2v) is 3.81. The molecule has 1 saturated heterocycles. The van der Waals surface area contributed by atoms with Gasteiger partial charge in [-0.25, -0.2) is 4.79 Å². The van der Waals surface area contributed by atoms with E-state index in [0.29, 0.717) is 6.04 Å².